The highest BCUT2D eigenvalue weighted by atomic mass is 19.1. The van der Waals surface area contributed by atoms with Crippen LogP contribution in [0.25, 0.3) is 0 Å². The fraction of sp³-hybridized carbons (Fsp3) is 0.308. The van der Waals surface area contributed by atoms with Crippen LogP contribution < -0.4 is 11.1 Å². The lowest BCUT2D eigenvalue weighted by molar-refractivity contribution is -0.137. The van der Waals surface area contributed by atoms with Crippen molar-refractivity contribution in [2.75, 3.05) is 13.1 Å². The molecule has 114 valence electrons. The first-order valence-electron chi connectivity index (χ1n) is 6.11. The molecule has 0 saturated heterocycles. The SMILES string of the molecule is CC(NC(=O)N(CC(N)=O)CC(=O)O)c1ccccc1F. The van der Waals surface area contributed by atoms with Gasteiger partial charge in [-0.2, -0.15) is 0 Å². The number of aliphatic carboxylic acids is 1. The molecule has 0 saturated carbocycles. The molecule has 0 aromatic heterocycles. The number of hydrogen-bond donors (Lipinski definition) is 3. The Morgan fingerprint density at radius 2 is 1.95 bits per heavy atom. The number of nitrogens with one attached hydrogen (secondary N) is 1. The van der Waals surface area contributed by atoms with Crippen LogP contribution in [0.15, 0.2) is 24.3 Å². The highest BCUT2D eigenvalue weighted by Gasteiger charge is 2.21. The van der Waals surface area contributed by atoms with E-state index in [0.29, 0.717) is 0 Å². The van der Waals surface area contributed by atoms with E-state index >= 15 is 0 Å². The molecule has 1 atom stereocenters. The Morgan fingerprint density at radius 1 is 1.33 bits per heavy atom. The molecule has 0 spiro atoms. The zero-order valence-corrected chi connectivity index (χ0v) is 11.4. The maximum Gasteiger partial charge on any atom is 0.323 e. The van der Waals surface area contributed by atoms with E-state index in [1.165, 1.54) is 18.2 Å². The van der Waals surface area contributed by atoms with Gasteiger partial charge in [0, 0.05) is 5.56 Å². The van der Waals surface area contributed by atoms with E-state index < -0.39 is 42.9 Å². The summed E-state index contributed by atoms with van der Waals surface area (Å²) < 4.78 is 13.6. The van der Waals surface area contributed by atoms with Crippen LogP contribution in [0.4, 0.5) is 9.18 Å². The predicted octanol–water partition coefficient (Wildman–Crippen LogP) is 0.468. The van der Waals surface area contributed by atoms with Gasteiger partial charge in [0.1, 0.15) is 18.9 Å². The third-order valence-corrected chi connectivity index (χ3v) is 2.67. The maximum atomic E-state index is 13.6. The van der Waals surface area contributed by atoms with Crippen LogP contribution in [0.3, 0.4) is 0 Å². The highest BCUT2D eigenvalue weighted by Crippen LogP contribution is 2.16. The molecular weight excluding hydrogens is 281 g/mol. The van der Waals surface area contributed by atoms with Crippen LogP contribution >= 0.6 is 0 Å². The van der Waals surface area contributed by atoms with E-state index in [2.05, 4.69) is 5.32 Å². The monoisotopic (exact) mass is 297 g/mol. The summed E-state index contributed by atoms with van der Waals surface area (Å²) in [6.45, 7) is 0.320. The smallest absolute Gasteiger partial charge is 0.323 e. The topological polar surface area (TPSA) is 113 Å². The van der Waals surface area contributed by atoms with E-state index in [0.717, 1.165) is 4.90 Å². The second-order valence-electron chi connectivity index (χ2n) is 4.41. The minimum Gasteiger partial charge on any atom is -0.480 e. The van der Waals surface area contributed by atoms with E-state index in [-0.39, 0.29) is 5.56 Å². The zero-order valence-electron chi connectivity index (χ0n) is 11.4. The Labute approximate surface area is 120 Å². The van der Waals surface area contributed by atoms with Gasteiger partial charge in [0.25, 0.3) is 0 Å². The van der Waals surface area contributed by atoms with Gasteiger partial charge in [-0.3, -0.25) is 9.59 Å². The Balaban J connectivity index is 2.78. The van der Waals surface area contributed by atoms with E-state index in [4.69, 9.17) is 10.8 Å². The molecule has 4 N–H and O–H groups in total. The van der Waals surface area contributed by atoms with Gasteiger partial charge in [0.15, 0.2) is 0 Å². The number of amides is 3. The van der Waals surface area contributed by atoms with Crippen LogP contribution in [-0.4, -0.2) is 41.0 Å². The molecule has 0 fully saturated rings. The molecule has 0 bridgehead atoms. The minimum atomic E-state index is -1.29. The molecule has 3 amide bonds. The van der Waals surface area contributed by atoms with Crippen molar-refractivity contribution in [1.29, 1.82) is 0 Å². The Morgan fingerprint density at radius 3 is 2.48 bits per heavy atom. The van der Waals surface area contributed by atoms with E-state index in [1.807, 2.05) is 0 Å². The summed E-state index contributed by atoms with van der Waals surface area (Å²) in [6.07, 6.45) is 0. The van der Waals surface area contributed by atoms with Crippen molar-refractivity contribution in [3.63, 3.8) is 0 Å². The van der Waals surface area contributed by atoms with Gasteiger partial charge in [-0.1, -0.05) is 18.2 Å². The lowest BCUT2D eigenvalue weighted by atomic mass is 10.1. The molecule has 0 aliphatic carbocycles. The largest absolute Gasteiger partial charge is 0.480 e. The standard InChI is InChI=1S/C13H16FN3O4/c1-8(9-4-2-3-5-10(9)14)16-13(21)17(6-11(15)18)7-12(19)20/h2-5,8H,6-7H2,1H3,(H2,15,18)(H,16,21)(H,19,20). The van der Waals surface area contributed by atoms with Crippen LogP contribution in [0.1, 0.15) is 18.5 Å². The van der Waals surface area contributed by atoms with Gasteiger partial charge in [0.05, 0.1) is 6.04 Å². The molecule has 7 nitrogen and oxygen atoms in total. The van der Waals surface area contributed by atoms with Crippen LogP contribution in [0, 0.1) is 5.82 Å². The number of carbonyl (C=O) groups is 3. The van der Waals surface area contributed by atoms with Gasteiger partial charge in [-0.15, -0.1) is 0 Å². The van der Waals surface area contributed by atoms with Gasteiger partial charge in [-0.25, -0.2) is 9.18 Å². The van der Waals surface area contributed by atoms with Crippen LogP contribution in [0.5, 0.6) is 0 Å². The van der Waals surface area contributed by atoms with E-state index in [9.17, 15) is 18.8 Å². The molecular formula is C13H16FN3O4. The van der Waals surface area contributed by atoms with Crippen LogP contribution in [-0.2, 0) is 9.59 Å². The second-order valence-corrected chi connectivity index (χ2v) is 4.41. The van der Waals surface area contributed by atoms with Crippen molar-refractivity contribution in [2.45, 2.75) is 13.0 Å². The van der Waals surface area contributed by atoms with Gasteiger partial charge >= 0.3 is 12.0 Å². The molecule has 1 aromatic rings. The normalized spacial score (nSPS) is 11.5. The molecule has 8 heteroatoms. The summed E-state index contributed by atoms with van der Waals surface area (Å²) in [6, 6.07) is 4.36. The third kappa shape index (κ3) is 5.09. The summed E-state index contributed by atoms with van der Waals surface area (Å²) in [5, 5.41) is 11.1. The molecule has 1 unspecified atom stereocenters. The van der Waals surface area contributed by atoms with Crippen molar-refractivity contribution < 1.29 is 23.9 Å². The van der Waals surface area contributed by atoms with Crippen molar-refractivity contribution in [1.82, 2.24) is 10.2 Å². The number of nitrogens with zero attached hydrogens (tertiary/aromatic N) is 1. The van der Waals surface area contributed by atoms with Crippen molar-refractivity contribution in [3.8, 4) is 0 Å². The Hall–Kier alpha value is -2.64. The predicted molar refractivity (Wildman–Crippen MR) is 71.7 cm³/mol. The summed E-state index contributed by atoms with van der Waals surface area (Å²) in [7, 11) is 0. The minimum absolute atomic E-state index is 0.250. The lowest BCUT2D eigenvalue weighted by Gasteiger charge is -2.23. The molecule has 21 heavy (non-hydrogen) atoms. The van der Waals surface area contributed by atoms with Crippen molar-refractivity contribution in [2.24, 2.45) is 5.73 Å². The van der Waals surface area contributed by atoms with Crippen molar-refractivity contribution in [3.05, 3.63) is 35.6 Å². The number of urea groups is 1. The zero-order chi connectivity index (χ0) is 16.0. The number of carbonyl (C=O) groups excluding carboxylic acids is 2. The Bertz CT molecular complexity index is 534. The fourth-order valence-electron chi connectivity index (χ4n) is 1.73. The molecule has 0 heterocycles. The van der Waals surface area contributed by atoms with Gasteiger partial charge in [-0.05, 0) is 13.0 Å². The number of carboxylic acid groups (broad SMARTS) is 1. The number of halogens is 1. The number of rotatable bonds is 6. The first-order chi connectivity index (χ1) is 9.81. The average Bonchev–Trinajstić information content (AvgIpc) is 2.37. The number of hydrogen-bond acceptors (Lipinski definition) is 3. The quantitative estimate of drug-likeness (QED) is 0.708. The number of primary amides is 1. The molecule has 0 aliphatic rings. The summed E-state index contributed by atoms with van der Waals surface area (Å²) in [5.41, 5.74) is 5.21. The van der Waals surface area contributed by atoms with Crippen LogP contribution in [0.2, 0.25) is 0 Å². The summed E-state index contributed by atoms with van der Waals surface area (Å²) in [4.78, 5) is 34.2. The molecule has 1 aromatic carbocycles. The third-order valence-electron chi connectivity index (χ3n) is 2.67. The summed E-state index contributed by atoms with van der Waals surface area (Å²) in [5.74, 6) is -2.63. The molecule has 1 rings (SSSR count). The van der Waals surface area contributed by atoms with E-state index in [1.54, 1.807) is 13.0 Å². The highest BCUT2D eigenvalue weighted by molar-refractivity contribution is 5.86. The number of nitrogens with two attached hydrogens (primary N) is 1. The van der Waals surface area contributed by atoms with Gasteiger partial charge < -0.3 is 21.1 Å². The number of carboxylic acids is 1. The maximum absolute atomic E-state index is 13.6. The average molecular weight is 297 g/mol. The first kappa shape index (κ1) is 16.4. The first-order valence-corrected chi connectivity index (χ1v) is 6.11. The Kier molecular flexibility index (Phi) is 5.65. The van der Waals surface area contributed by atoms with Gasteiger partial charge in [0.2, 0.25) is 5.91 Å². The second kappa shape index (κ2) is 7.22. The molecule has 0 aliphatic heterocycles. The fourth-order valence-corrected chi connectivity index (χ4v) is 1.73. The summed E-state index contributed by atoms with van der Waals surface area (Å²) >= 11 is 0. The molecule has 0 radical (unpaired) electrons. The van der Waals surface area contributed by atoms with Crippen molar-refractivity contribution >= 4 is 17.9 Å². The lowest BCUT2D eigenvalue weighted by Crippen LogP contribution is -2.47. The number of benzene rings is 1.